The molecule has 2 atom stereocenters. The van der Waals surface area contributed by atoms with Gasteiger partial charge >= 0.3 is 0 Å². The van der Waals surface area contributed by atoms with Crippen molar-refractivity contribution >= 4 is 20.0 Å². The van der Waals surface area contributed by atoms with Gasteiger partial charge in [0.2, 0.25) is 20.0 Å². The van der Waals surface area contributed by atoms with Gasteiger partial charge < -0.3 is 14.6 Å². The van der Waals surface area contributed by atoms with E-state index in [9.17, 15) is 16.8 Å². The molecule has 1 aromatic rings. The molecule has 0 aromatic heterocycles. The third kappa shape index (κ3) is 4.96. The van der Waals surface area contributed by atoms with E-state index in [1.807, 2.05) is 0 Å². The van der Waals surface area contributed by atoms with Crippen LogP contribution in [0.4, 0.5) is 0 Å². The minimum Gasteiger partial charge on any atom is -0.394 e. The first-order chi connectivity index (χ1) is 11.2. The fourth-order valence-corrected chi connectivity index (χ4v) is 4.10. The van der Waals surface area contributed by atoms with E-state index in [0.717, 1.165) is 12.1 Å². The van der Waals surface area contributed by atoms with Gasteiger partial charge in [-0.1, -0.05) is 0 Å². The minimum absolute atomic E-state index is 0.0787. The van der Waals surface area contributed by atoms with Crippen LogP contribution in [-0.4, -0.2) is 60.5 Å². The molecule has 1 aliphatic rings. The van der Waals surface area contributed by atoms with Crippen molar-refractivity contribution in [1.82, 2.24) is 4.72 Å². The average molecular weight is 380 g/mol. The third-order valence-electron chi connectivity index (χ3n) is 3.50. The molecular formula is C13H20N2O7S2. The maximum atomic E-state index is 12.4. The van der Waals surface area contributed by atoms with Crippen LogP contribution in [0, 0.1) is 0 Å². The topological polar surface area (TPSA) is 145 Å². The normalized spacial score (nSPS) is 22.4. The second kappa shape index (κ2) is 7.87. The van der Waals surface area contributed by atoms with Gasteiger partial charge in [-0.05, 0) is 30.7 Å². The molecule has 1 fully saturated rings. The van der Waals surface area contributed by atoms with Crippen molar-refractivity contribution in [2.45, 2.75) is 28.4 Å². The summed E-state index contributed by atoms with van der Waals surface area (Å²) >= 11 is 0. The molecule has 24 heavy (non-hydrogen) atoms. The predicted molar refractivity (Wildman–Crippen MR) is 84.2 cm³/mol. The lowest BCUT2D eigenvalue weighted by molar-refractivity contribution is -0.0714. The summed E-state index contributed by atoms with van der Waals surface area (Å²) in [5.41, 5.74) is 0. The Hall–Kier alpha value is -1.08. The Morgan fingerprint density at radius 3 is 2.42 bits per heavy atom. The highest BCUT2D eigenvalue weighted by Gasteiger charge is 2.30. The van der Waals surface area contributed by atoms with Crippen molar-refractivity contribution in [1.29, 1.82) is 0 Å². The quantitative estimate of drug-likeness (QED) is 0.537. The standard InChI is InChI=1S/C13H20N2O7S2/c14-23(17,18)10-1-3-11(4-2-10)24(19,20)15-12-5-7-21-9-13(12)22-8-6-16/h1-4,12-13,15-16H,5-9H2,(H2,14,17,18)/t12-,13-/m1/s1. The van der Waals surface area contributed by atoms with Crippen LogP contribution in [0.3, 0.4) is 0 Å². The molecular weight excluding hydrogens is 360 g/mol. The molecule has 0 amide bonds. The van der Waals surface area contributed by atoms with E-state index in [4.69, 9.17) is 19.7 Å². The lowest BCUT2D eigenvalue weighted by atomic mass is 10.1. The Kier molecular flexibility index (Phi) is 6.31. The molecule has 0 unspecified atom stereocenters. The molecule has 0 radical (unpaired) electrons. The average Bonchev–Trinajstić information content (AvgIpc) is 2.53. The first-order valence-electron chi connectivity index (χ1n) is 7.19. The summed E-state index contributed by atoms with van der Waals surface area (Å²) in [7, 11) is -7.75. The third-order valence-corrected chi connectivity index (χ3v) is 5.93. The van der Waals surface area contributed by atoms with Crippen LogP contribution >= 0.6 is 0 Å². The Bertz CT molecular complexity index is 747. The molecule has 136 valence electrons. The number of nitrogens with one attached hydrogen (secondary N) is 1. The summed E-state index contributed by atoms with van der Waals surface area (Å²) in [6, 6.07) is 4.10. The second-order valence-corrected chi connectivity index (χ2v) is 8.52. The fraction of sp³-hybridized carbons (Fsp3) is 0.538. The predicted octanol–water partition coefficient (Wildman–Crippen LogP) is -1.22. The zero-order chi connectivity index (χ0) is 17.8. The first-order valence-corrected chi connectivity index (χ1v) is 10.2. The van der Waals surface area contributed by atoms with Crippen LogP contribution < -0.4 is 9.86 Å². The number of hydrogen-bond acceptors (Lipinski definition) is 7. The molecule has 1 aliphatic heterocycles. The van der Waals surface area contributed by atoms with Crippen LogP contribution in [0.5, 0.6) is 0 Å². The second-order valence-electron chi connectivity index (χ2n) is 5.24. The molecule has 1 saturated heterocycles. The molecule has 0 saturated carbocycles. The highest BCUT2D eigenvalue weighted by atomic mass is 32.2. The number of rotatable bonds is 7. The van der Waals surface area contributed by atoms with Crippen molar-refractivity contribution < 1.29 is 31.4 Å². The zero-order valence-corrected chi connectivity index (χ0v) is 14.4. The maximum absolute atomic E-state index is 12.4. The van der Waals surface area contributed by atoms with E-state index in [0.29, 0.717) is 13.0 Å². The lowest BCUT2D eigenvalue weighted by Gasteiger charge is -2.31. The van der Waals surface area contributed by atoms with Crippen LogP contribution in [0.15, 0.2) is 34.1 Å². The Morgan fingerprint density at radius 2 is 1.83 bits per heavy atom. The number of benzene rings is 1. The lowest BCUT2D eigenvalue weighted by Crippen LogP contribution is -2.50. The Labute approximate surface area is 140 Å². The van der Waals surface area contributed by atoms with Crippen LogP contribution in [0.2, 0.25) is 0 Å². The highest BCUT2D eigenvalue weighted by Crippen LogP contribution is 2.17. The highest BCUT2D eigenvalue weighted by molar-refractivity contribution is 7.89. The number of aliphatic hydroxyl groups is 1. The van der Waals surface area contributed by atoms with Gasteiger partial charge in [-0.25, -0.2) is 26.7 Å². The van der Waals surface area contributed by atoms with Crippen LogP contribution in [0.1, 0.15) is 6.42 Å². The number of nitrogens with two attached hydrogens (primary N) is 1. The van der Waals surface area contributed by atoms with Crippen molar-refractivity contribution in [2.24, 2.45) is 5.14 Å². The van der Waals surface area contributed by atoms with E-state index in [-0.39, 0.29) is 29.6 Å². The number of aliphatic hydroxyl groups excluding tert-OH is 1. The Balaban J connectivity index is 2.14. The van der Waals surface area contributed by atoms with E-state index in [2.05, 4.69) is 4.72 Å². The molecule has 9 nitrogen and oxygen atoms in total. The van der Waals surface area contributed by atoms with E-state index >= 15 is 0 Å². The number of primary sulfonamides is 1. The van der Waals surface area contributed by atoms with E-state index < -0.39 is 32.2 Å². The molecule has 0 bridgehead atoms. The SMILES string of the molecule is NS(=O)(=O)c1ccc(S(=O)(=O)N[C@@H]2CCOC[C@H]2OCCO)cc1. The molecule has 2 rings (SSSR count). The van der Waals surface area contributed by atoms with E-state index in [1.165, 1.54) is 12.1 Å². The van der Waals surface area contributed by atoms with Gasteiger partial charge in [-0.2, -0.15) is 0 Å². The molecule has 1 aromatic carbocycles. The number of sulfonamides is 2. The Morgan fingerprint density at radius 1 is 1.21 bits per heavy atom. The molecule has 0 aliphatic carbocycles. The van der Waals surface area contributed by atoms with Gasteiger partial charge in [0.1, 0.15) is 0 Å². The molecule has 1 heterocycles. The van der Waals surface area contributed by atoms with Crippen molar-refractivity contribution in [3.8, 4) is 0 Å². The summed E-state index contributed by atoms with van der Waals surface area (Å²) < 4.78 is 60.5. The summed E-state index contributed by atoms with van der Waals surface area (Å²) in [6.07, 6.45) is -0.0886. The summed E-state index contributed by atoms with van der Waals surface area (Å²) in [5.74, 6) is 0. The van der Waals surface area contributed by atoms with E-state index in [1.54, 1.807) is 0 Å². The van der Waals surface area contributed by atoms with Crippen LogP contribution in [-0.2, 0) is 29.5 Å². The smallest absolute Gasteiger partial charge is 0.240 e. The van der Waals surface area contributed by atoms with Crippen molar-refractivity contribution in [3.05, 3.63) is 24.3 Å². The summed E-state index contributed by atoms with van der Waals surface area (Å²) in [5, 5.41) is 13.8. The zero-order valence-electron chi connectivity index (χ0n) is 12.8. The van der Waals surface area contributed by atoms with Gasteiger partial charge in [-0.3, -0.25) is 0 Å². The largest absolute Gasteiger partial charge is 0.394 e. The monoisotopic (exact) mass is 380 g/mol. The molecule has 4 N–H and O–H groups in total. The van der Waals surface area contributed by atoms with Gasteiger partial charge in [0.25, 0.3) is 0 Å². The van der Waals surface area contributed by atoms with Gasteiger partial charge in [0.05, 0.1) is 41.8 Å². The fourth-order valence-electron chi connectivity index (χ4n) is 2.29. The molecule has 11 heteroatoms. The summed E-state index contributed by atoms with van der Waals surface area (Å²) in [4.78, 5) is -0.251. The van der Waals surface area contributed by atoms with Gasteiger partial charge in [0, 0.05) is 6.61 Å². The van der Waals surface area contributed by atoms with Crippen LogP contribution in [0.25, 0.3) is 0 Å². The maximum Gasteiger partial charge on any atom is 0.240 e. The van der Waals surface area contributed by atoms with Crippen molar-refractivity contribution in [3.63, 3.8) is 0 Å². The van der Waals surface area contributed by atoms with Crippen molar-refractivity contribution in [2.75, 3.05) is 26.4 Å². The number of ether oxygens (including phenoxy) is 2. The minimum atomic E-state index is -3.89. The number of hydrogen-bond donors (Lipinski definition) is 3. The summed E-state index contributed by atoms with van der Waals surface area (Å²) in [6.45, 7) is 0.508. The van der Waals surface area contributed by atoms with Gasteiger partial charge in [0.15, 0.2) is 0 Å². The molecule has 0 spiro atoms. The first kappa shape index (κ1) is 19.2. The van der Waals surface area contributed by atoms with Gasteiger partial charge in [-0.15, -0.1) is 0 Å².